The van der Waals surface area contributed by atoms with E-state index >= 15 is 0 Å². The number of rotatable bonds is 4. The molecule has 5 rings (SSSR count). The predicted molar refractivity (Wildman–Crippen MR) is 142 cm³/mol. The van der Waals surface area contributed by atoms with Crippen molar-refractivity contribution in [3.05, 3.63) is 73.6 Å². The zero-order chi connectivity index (χ0) is 29.7. The standard InChI is InChI=1S/C27H26F6N4O3S/c1-16(17-2-4-18(5-3-17)26(28,29)30)35-10-6-25(7-11-35)8-12-36(13-9-25)24-34-23(38)20-14-19(27(31,32)33)15-21(37(39)40)22(20)41-24/h2-5,14-16H,6-13H2,1H3. The van der Waals surface area contributed by atoms with Crippen LogP contribution in [0.25, 0.3) is 10.1 Å². The van der Waals surface area contributed by atoms with E-state index in [9.17, 15) is 41.3 Å². The van der Waals surface area contributed by atoms with Crippen LogP contribution in [0.3, 0.4) is 0 Å². The zero-order valence-corrected chi connectivity index (χ0v) is 22.7. The van der Waals surface area contributed by atoms with Crippen LogP contribution < -0.4 is 10.5 Å². The SMILES string of the molecule is CC(c1ccc(C(F)(F)F)cc1)N1CCC2(CCN(c3nc(=O)c4cc(C(F)(F)F)cc([N+](=O)[O-])c4s3)CC2)CC1. The van der Waals surface area contributed by atoms with Crippen molar-refractivity contribution in [2.45, 2.75) is 51.0 Å². The molecule has 0 saturated carbocycles. The molecule has 14 heteroatoms. The smallest absolute Gasteiger partial charge is 0.348 e. The van der Waals surface area contributed by atoms with Gasteiger partial charge < -0.3 is 4.90 Å². The fraction of sp³-hybridized carbons (Fsp3) is 0.481. The van der Waals surface area contributed by atoms with Gasteiger partial charge in [0.2, 0.25) is 0 Å². The Labute approximate surface area is 234 Å². The van der Waals surface area contributed by atoms with Crippen molar-refractivity contribution in [1.82, 2.24) is 9.88 Å². The lowest BCUT2D eigenvalue weighted by atomic mass is 9.71. The number of benzene rings is 2. The number of piperidine rings is 2. The molecule has 1 atom stereocenters. The fourth-order valence-corrected chi connectivity index (χ4v) is 6.91. The molecule has 2 aromatic carbocycles. The largest absolute Gasteiger partial charge is 0.416 e. The maximum absolute atomic E-state index is 13.3. The summed E-state index contributed by atoms with van der Waals surface area (Å²) >= 11 is 0.848. The van der Waals surface area contributed by atoms with Gasteiger partial charge in [0.15, 0.2) is 5.13 Å². The highest BCUT2D eigenvalue weighted by Gasteiger charge is 2.40. The number of alkyl halides is 6. The van der Waals surface area contributed by atoms with E-state index in [2.05, 4.69) is 9.88 Å². The van der Waals surface area contributed by atoms with Gasteiger partial charge in [-0.15, -0.1) is 0 Å². The molecule has 0 N–H and O–H groups in total. The lowest BCUT2D eigenvalue weighted by Crippen LogP contribution is -2.47. The molecule has 2 fully saturated rings. The molecule has 0 bridgehead atoms. The quantitative estimate of drug-likeness (QED) is 0.182. The van der Waals surface area contributed by atoms with Gasteiger partial charge in [-0.05, 0) is 74.9 Å². The van der Waals surface area contributed by atoms with Crippen LogP contribution in [0.1, 0.15) is 55.3 Å². The number of likely N-dealkylation sites (tertiary alicyclic amines) is 1. The Morgan fingerprint density at radius 3 is 2.02 bits per heavy atom. The first-order chi connectivity index (χ1) is 19.2. The summed E-state index contributed by atoms with van der Waals surface area (Å²) < 4.78 is 78.3. The molecule has 2 saturated heterocycles. The molecule has 2 aliphatic rings. The highest BCUT2D eigenvalue weighted by atomic mass is 32.1. The number of aromatic nitrogens is 1. The number of nitro benzene ring substituents is 1. The summed E-state index contributed by atoms with van der Waals surface area (Å²) in [5.41, 5.74) is -2.80. The first kappa shape index (κ1) is 29.2. The van der Waals surface area contributed by atoms with Crippen LogP contribution in [0.4, 0.5) is 37.2 Å². The minimum Gasteiger partial charge on any atom is -0.348 e. The van der Waals surface area contributed by atoms with E-state index in [4.69, 9.17) is 0 Å². The van der Waals surface area contributed by atoms with Crippen molar-refractivity contribution >= 4 is 32.2 Å². The van der Waals surface area contributed by atoms with Gasteiger partial charge in [-0.1, -0.05) is 23.5 Å². The van der Waals surface area contributed by atoms with Crippen molar-refractivity contribution < 1.29 is 31.3 Å². The van der Waals surface area contributed by atoms with Crippen LogP contribution in [0.15, 0.2) is 41.2 Å². The van der Waals surface area contributed by atoms with E-state index < -0.39 is 45.0 Å². The molecule has 1 unspecified atom stereocenters. The van der Waals surface area contributed by atoms with Crippen molar-refractivity contribution in [1.29, 1.82) is 0 Å². The van der Waals surface area contributed by atoms with Gasteiger partial charge in [0, 0.05) is 25.2 Å². The van der Waals surface area contributed by atoms with E-state index in [1.807, 2.05) is 11.8 Å². The zero-order valence-electron chi connectivity index (χ0n) is 21.9. The van der Waals surface area contributed by atoms with E-state index in [1.54, 1.807) is 0 Å². The highest BCUT2D eigenvalue weighted by molar-refractivity contribution is 7.22. The topological polar surface area (TPSA) is 79.6 Å². The molecule has 0 amide bonds. The van der Waals surface area contributed by atoms with Crippen molar-refractivity contribution in [2.24, 2.45) is 5.41 Å². The van der Waals surface area contributed by atoms with Crippen LogP contribution in [0, 0.1) is 15.5 Å². The van der Waals surface area contributed by atoms with E-state index in [-0.39, 0.29) is 21.3 Å². The van der Waals surface area contributed by atoms with Crippen molar-refractivity contribution in [3.8, 4) is 0 Å². The van der Waals surface area contributed by atoms with Gasteiger partial charge in [0.1, 0.15) is 4.70 Å². The summed E-state index contributed by atoms with van der Waals surface area (Å²) in [6.07, 6.45) is -5.88. The third-order valence-electron chi connectivity index (χ3n) is 8.44. The maximum atomic E-state index is 13.3. The molecule has 1 aromatic heterocycles. The summed E-state index contributed by atoms with van der Waals surface area (Å²) in [6.45, 7) is 4.61. The Kier molecular flexibility index (Phi) is 7.51. The van der Waals surface area contributed by atoms with E-state index in [1.165, 1.54) is 12.1 Å². The Hall–Kier alpha value is -3.26. The highest BCUT2D eigenvalue weighted by Crippen LogP contribution is 2.45. The van der Waals surface area contributed by atoms with Gasteiger partial charge in [-0.3, -0.25) is 19.8 Å². The van der Waals surface area contributed by atoms with Gasteiger partial charge in [-0.2, -0.15) is 31.3 Å². The monoisotopic (exact) mass is 600 g/mol. The Balaban J connectivity index is 1.27. The summed E-state index contributed by atoms with van der Waals surface area (Å²) in [4.78, 5) is 31.5. The minimum absolute atomic E-state index is 0.0394. The first-order valence-electron chi connectivity index (χ1n) is 13.0. The molecule has 0 radical (unpaired) electrons. The maximum Gasteiger partial charge on any atom is 0.416 e. The van der Waals surface area contributed by atoms with Crippen molar-refractivity contribution in [2.75, 3.05) is 31.1 Å². The summed E-state index contributed by atoms with van der Waals surface area (Å²) in [5.74, 6) is 0. The third kappa shape index (κ3) is 5.89. The number of nitrogens with zero attached hydrogens (tertiary/aromatic N) is 4. The molecular formula is C27H26F6N4O3S. The normalized spacial score (nSPS) is 19.0. The van der Waals surface area contributed by atoms with Gasteiger partial charge in [-0.25, -0.2) is 0 Å². The molecular weight excluding hydrogens is 574 g/mol. The minimum atomic E-state index is -4.85. The van der Waals surface area contributed by atoms with E-state index in [0.29, 0.717) is 25.2 Å². The second-order valence-corrected chi connectivity index (χ2v) is 11.7. The molecule has 220 valence electrons. The molecule has 7 nitrogen and oxygen atoms in total. The summed E-state index contributed by atoms with van der Waals surface area (Å²) in [7, 11) is 0. The number of nitro groups is 1. The molecule has 1 spiro atoms. The lowest BCUT2D eigenvalue weighted by molar-refractivity contribution is -0.383. The lowest BCUT2D eigenvalue weighted by Gasteiger charge is -2.48. The number of fused-ring (bicyclic) bond motifs is 1. The number of hydrogen-bond donors (Lipinski definition) is 0. The average Bonchev–Trinajstić information content (AvgIpc) is 2.92. The number of anilines is 1. The predicted octanol–water partition coefficient (Wildman–Crippen LogP) is 7.05. The van der Waals surface area contributed by atoms with Crippen molar-refractivity contribution in [3.63, 3.8) is 0 Å². The van der Waals surface area contributed by atoms with Gasteiger partial charge in [0.05, 0.1) is 21.4 Å². The van der Waals surface area contributed by atoms with Gasteiger partial charge >= 0.3 is 12.4 Å². The Bertz CT molecular complexity index is 1500. The Morgan fingerprint density at radius 2 is 1.49 bits per heavy atom. The van der Waals surface area contributed by atoms with Crippen LogP contribution in [0.5, 0.6) is 0 Å². The van der Waals surface area contributed by atoms with Gasteiger partial charge in [0.25, 0.3) is 11.2 Å². The summed E-state index contributed by atoms with van der Waals surface area (Å²) in [5, 5.41) is 11.4. The fourth-order valence-electron chi connectivity index (χ4n) is 5.79. The molecule has 2 aliphatic heterocycles. The first-order valence-corrected chi connectivity index (χ1v) is 13.9. The molecule has 41 heavy (non-hydrogen) atoms. The number of non-ortho nitro benzene ring substituents is 1. The molecule has 0 aliphatic carbocycles. The van der Waals surface area contributed by atoms with Crippen LogP contribution >= 0.6 is 11.3 Å². The van der Waals surface area contributed by atoms with Crippen LogP contribution in [-0.2, 0) is 12.4 Å². The van der Waals surface area contributed by atoms with Crippen LogP contribution in [-0.4, -0.2) is 41.0 Å². The second-order valence-electron chi connectivity index (χ2n) is 10.7. The molecule has 3 heterocycles. The van der Waals surface area contributed by atoms with Crippen LogP contribution in [0.2, 0.25) is 0 Å². The third-order valence-corrected chi connectivity index (χ3v) is 9.60. The summed E-state index contributed by atoms with van der Waals surface area (Å²) in [6, 6.07) is 6.27. The van der Waals surface area contributed by atoms with E-state index in [0.717, 1.165) is 67.8 Å². The second kappa shape index (κ2) is 10.5. The number of halogens is 6. The number of hydrogen-bond acceptors (Lipinski definition) is 7. The average molecular weight is 601 g/mol. The molecule has 3 aromatic rings. The Morgan fingerprint density at radius 1 is 0.927 bits per heavy atom.